The molecule has 4 heteroatoms. The summed E-state index contributed by atoms with van der Waals surface area (Å²) in [6, 6.07) is 0.864. The van der Waals surface area contributed by atoms with Gasteiger partial charge in [0.15, 0.2) is 0 Å². The van der Waals surface area contributed by atoms with Crippen molar-refractivity contribution in [3.63, 3.8) is 0 Å². The molecule has 1 aliphatic carbocycles. The van der Waals surface area contributed by atoms with E-state index in [-0.39, 0.29) is 18.4 Å². The second-order valence-corrected chi connectivity index (χ2v) is 5.06. The van der Waals surface area contributed by atoms with Crippen LogP contribution in [0.2, 0.25) is 0 Å². The van der Waals surface area contributed by atoms with Crippen molar-refractivity contribution in [1.29, 1.82) is 0 Å². The molecule has 0 aromatic heterocycles. The Kier molecular flexibility index (Phi) is 3.82. The molecule has 0 aromatic rings. The van der Waals surface area contributed by atoms with E-state index >= 15 is 0 Å². The number of aliphatic hydroxyl groups is 1. The molecule has 1 amide bonds. The van der Waals surface area contributed by atoms with Gasteiger partial charge in [-0.2, -0.15) is 0 Å². The first-order valence-corrected chi connectivity index (χ1v) is 6.37. The van der Waals surface area contributed by atoms with Crippen molar-refractivity contribution < 1.29 is 9.90 Å². The highest BCUT2D eigenvalue weighted by molar-refractivity contribution is 5.79. The number of carbonyl (C=O) groups is 1. The second-order valence-electron chi connectivity index (χ2n) is 5.06. The Morgan fingerprint density at radius 2 is 2.19 bits per heavy atom. The number of piperidine rings is 1. The lowest BCUT2D eigenvalue weighted by Crippen LogP contribution is -2.45. The molecule has 1 aliphatic heterocycles. The Bertz CT molecular complexity index is 253. The highest BCUT2D eigenvalue weighted by Gasteiger charge is 2.36. The lowest BCUT2D eigenvalue weighted by Gasteiger charge is -2.32. The zero-order valence-electron chi connectivity index (χ0n) is 9.98. The average molecular weight is 226 g/mol. The van der Waals surface area contributed by atoms with E-state index in [4.69, 9.17) is 5.11 Å². The Balaban J connectivity index is 1.92. The van der Waals surface area contributed by atoms with Gasteiger partial charge in [-0.05, 0) is 39.2 Å². The highest BCUT2D eigenvalue weighted by Crippen LogP contribution is 2.29. The Labute approximate surface area is 97.0 Å². The second kappa shape index (κ2) is 5.15. The van der Waals surface area contributed by atoms with E-state index in [9.17, 15) is 4.79 Å². The van der Waals surface area contributed by atoms with Crippen molar-refractivity contribution >= 4 is 5.91 Å². The maximum absolute atomic E-state index is 12.3. The quantitative estimate of drug-likeness (QED) is 0.727. The molecule has 2 atom stereocenters. The molecule has 1 saturated heterocycles. The summed E-state index contributed by atoms with van der Waals surface area (Å²) in [4.78, 5) is 14.2. The fourth-order valence-corrected chi connectivity index (χ4v) is 2.56. The van der Waals surface area contributed by atoms with Crippen LogP contribution in [0.25, 0.3) is 0 Å². The van der Waals surface area contributed by atoms with Crippen molar-refractivity contribution in [1.82, 2.24) is 10.2 Å². The molecule has 0 radical (unpaired) electrons. The number of nitrogens with one attached hydrogen (secondary N) is 1. The number of hydrogen-bond donors (Lipinski definition) is 2. The predicted molar refractivity (Wildman–Crippen MR) is 62.0 cm³/mol. The molecule has 2 fully saturated rings. The molecular weight excluding hydrogens is 204 g/mol. The highest BCUT2D eigenvalue weighted by atomic mass is 16.3. The summed E-state index contributed by atoms with van der Waals surface area (Å²) < 4.78 is 0. The molecule has 4 nitrogen and oxygen atoms in total. The van der Waals surface area contributed by atoms with Crippen LogP contribution in [0.1, 0.15) is 32.6 Å². The third-order valence-corrected chi connectivity index (χ3v) is 3.58. The summed E-state index contributed by atoms with van der Waals surface area (Å²) in [7, 11) is 0. The zero-order valence-corrected chi connectivity index (χ0v) is 9.98. The van der Waals surface area contributed by atoms with Crippen LogP contribution < -0.4 is 5.32 Å². The van der Waals surface area contributed by atoms with Crippen molar-refractivity contribution in [3.8, 4) is 0 Å². The average Bonchev–Trinajstić information content (AvgIpc) is 3.09. The minimum Gasteiger partial charge on any atom is -0.395 e. The molecular formula is C12H22N2O2. The van der Waals surface area contributed by atoms with Gasteiger partial charge in [0.05, 0.1) is 6.61 Å². The standard InChI is InChI=1S/C12H22N2O2/c1-9-8-10(4-5-13-9)12(16)14(6-7-15)11-2-3-11/h9-11,13,15H,2-8H2,1H3. The van der Waals surface area contributed by atoms with Gasteiger partial charge < -0.3 is 15.3 Å². The molecule has 0 aromatic carbocycles. The minimum absolute atomic E-state index is 0.0861. The van der Waals surface area contributed by atoms with Crippen LogP contribution in [0.4, 0.5) is 0 Å². The van der Waals surface area contributed by atoms with Gasteiger partial charge >= 0.3 is 0 Å². The molecule has 92 valence electrons. The molecule has 2 N–H and O–H groups in total. The van der Waals surface area contributed by atoms with Gasteiger partial charge in [0.1, 0.15) is 0 Å². The lowest BCUT2D eigenvalue weighted by molar-refractivity contribution is -0.137. The van der Waals surface area contributed by atoms with Gasteiger partial charge in [0, 0.05) is 24.5 Å². The Morgan fingerprint density at radius 3 is 2.75 bits per heavy atom. The number of nitrogens with zero attached hydrogens (tertiary/aromatic N) is 1. The Morgan fingerprint density at radius 1 is 1.44 bits per heavy atom. The number of carbonyl (C=O) groups excluding carboxylic acids is 1. The van der Waals surface area contributed by atoms with Gasteiger partial charge in [-0.25, -0.2) is 0 Å². The largest absolute Gasteiger partial charge is 0.395 e. The molecule has 2 unspecified atom stereocenters. The summed E-state index contributed by atoms with van der Waals surface area (Å²) >= 11 is 0. The maximum Gasteiger partial charge on any atom is 0.226 e. The molecule has 1 heterocycles. The van der Waals surface area contributed by atoms with Crippen LogP contribution >= 0.6 is 0 Å². The fourth-order valence-electron chi connectivity index (χ4n) is 2.56. The zero-order chi connectivity index (χ0) is 11.5. The van der Waals surface area contributed by atoms with Crippen molar-refractivity contribution in [3.05, 3.63) is 0 Å². The van der Waals surface area contributed by atoms with Crippen LogP contribution in [0, 0.1) is 5.92 Å². The third-order valence-electron chi connectivity index (χ3n) is 3.58. The number of amides is 1. The number of rotatable bonds is 4. The van der Waals surface area contributed by atoms with Gasteiger partial charge in [-0.1, -0.05) is 0 Å². The number of hydrogen-bond acceptors (Lipinski definition) is 3. The molecule has 1 saturated carbocycles. The molecule has 2 rings (SSSR count). The first-order chi connectivity index (χ1) is 7.72. The lowest BCUT2D eigenvalue weighted by atomic mass is 9.92. The van der Waals surface area contributed by atoms with Crippen LogP contribution in [-0.2, 0) is 4.79 Å². The van der Waals surface area contributed by atoms with Gasteiger partial charge in [0.25, 0.3) is 0 Å². The minimum atomic E-state index is 0.0861. The normalized spacial score (nSPS) is 30.1. The van der Waals surface area contributed by atoms with Crippen molar-refractivity contribution in [2.45, 2.75) is 44.7 Å². The summed E-state index contributed by atoms with van der Waals surface area (Å²) in [5, 5.41) is 12.4. The number of aliphatic hydroxyl groups excluding tert-OH is 1. The molecule has 16 heavy (non-hydrogen) atoms. The van der Waals surface area contributed by atoms with E-state index in [1.54, 1.807) is 0 Å². The fraction of sp³-hybridized carbons (Fsp3) is 0.917. The molecule has 0 spiro atoms. The first-order valence-electron chi connectivity index (χ1n) is 6.37. The van der Waals surface area contributed by atoms with E-state index in [1.807, 2.05) is 4.90 Å². The molecule has 2 aliphatic rings. The topological polar surface area (TPSA) is 52.6 Å². The summed E-state index contributed by atoms with van der Waals surface area (Å²) in [5.74, 6) is 0.438. The molecule has 0 bridgehead atoms. The van der Waals surface area contributed by atoms with Crippen LogP contribution in [0.15, 0.2) is 0 Å². The van der Waals surface area contributed by atoms with Gasteiger partial charge in [-0.15, -0.1) is 0 Å². The van der Waals surface area contributed by atoms with Gasteiger partial charge in [-0.3, -0.25) is 4.79 Å². The monoisotopic (exact) mass is 226 g/mol. The summed E-state index contributed by atoms with van der Waals surface area (Å²) in [6.45, 7) is 3.67. The Hall–Kier alpha value is -0.610. The van der Waals surface area contributed by atoms with E-state index < -0.39 is 0 Å². The SMILES string of the molecule is CC1CC(C(=O)N(CCO)C2CC2)CCN1. The maximum atomic E-state index is 12.3. The van der Waals surface area contributed by atoms with Crippen LogP contribution in [0.3, 0.4) is 0 Å². The van der Waals surface area contributed by atoms with E-state index in [0.717, 1.165) is 32.2 Å². The van der Waals surface area contributed by atoms with Crippen LogP contribution in [0.5, 0.6) is 0 Å². The third kappa shape index (κ3) is 2.74. The van der Waals surface area contributed by atoms with Crippen LogP contribution in [-0.4, -0.2) is 47.7 Å². The van der Waals surface area contributed by atoms with E-state index in [2.05, 4.69) is 12.2 Å². The first kappa shape index (κ1) is 11.9. The predicted octanol–water partition coefficient (Wildman–Crippen LogP) is 0.358. The van der Waals surface area contributed by atoms with E-state index in [0.29, 0.717) is 18.6 Å². The summed E-state index contributed by atoms with van der Waals surface area (Å²) in [6.07, 6.45) is 4.11. The summed E-state index contributed by atoms with van der Waals surface area (Å²) in [5.41, 5.74) is 0. The van der Waals surface area contributed by atoms with Gasteiger partial charge in [0.2, 0.25) is 5.91 Å². The smallest absolute Gasteiger partial charge is 0.226 e. The van der Waals surface area contributed by atoms with Crippen molar-refractivity contribution in [2.24, 2.45) is 5.92 Å². The van der Waals surface area contributed by atoms with Crippen molar-refractivity contribution in [2.75, 3.05) is 19.7 Å². The van der Waals surface area contributed by atoms with E-state index in [1.165, 1.54) is 0 Å².